The van der Waals surface area contributed by atoms with Crippen molar-refractivity contribution >= 4 is 28.8 Å². The lowest BCUT2D eigenvalue weighted by Crippen LogP contribution is -2.38. The van der Waals surface area contributed by atoms with Crippen LogP contribution in [0.2, 0.25) is 0 Å². The molecule has 9 heteroatoms. The van der Waals surface area contributed by atoms with Gasteiger partial charge in [0.1, 0.15) is 6.61 Å². The van der Waals surface area contributed by atoms with Crippen LogP contribution in [0.25, 0.3) is 0 Å². The molecule has 0 spiro atoms. The summed E-state index contributed by atoms with van der Waals surface area (Å²) in [4.78, 5) is 32.2. The summed E-state index contributed by atoms with van der Waals surface area (Å²) in [5.74, 6) is 0.595. The van der Waals surface area contributed by atoms with E-state index < -0.39 is 12.0 Å². The molecular weight excluding hydrogens is 490 g/mol. The minimum atomic E-state index is -0.542. The Labute approximate surface area is 221 Å². The molecule has 2 heterocycles. The van der Waals surface area contributed by atoms with E-state index >= 15 is 0 Å². The number of carbonyl (C=O) groups is 2. The highest BCUT2D eigenvalue weighted by atomic mass is 32.2. The predicted octanol–water partition coefficient (Wildman–Crippen LogP) is 4.94. The molecule has 194 valence electrons. The Morgan fingerprint density at radius 2 is 1.89 bits per heavy atom. The number of nitrogens with one attached hydrogen (secondary N) is 1. The zero-order valence-corrected chi connectivity index (χ0v) is 22.3. The highest BCUT2D eigenvalue weighted by Crippen LogP contribution is 2.46. The van der Waals surface area contributed by atoms with Gasteiger partial charge in [0, 0.05) is 12.2 Å². The van der Waals surface area contributed by atoms with Crippen LogP contribution in [0.4, 0.5) is 0 Å². The zero-order chi connectivity index (χ0) is 26.4. The summed E-state index contributed by atoms with van der Waals surface area (Å²) in [5, 5.41) is 5.46. The first-order chi connectivity index (χ1) is 18.0. The Hall–Kier alpha value is -3.72. The molecule has 2 aliphatic rings. The van der Waals surface area contributed by atoms with E-state index in [4.69, 9.17) is 14.2 Å². The topological polar surface area (TPSA) is 89.5 Å². The van der Waals surface area contributed by atoms with Gasteiger partial charge < -0.3 is 24.4 Å². The molecule has 1 N–H and O–H groups in total. The number of amides is 1. The first-order valence-electron chi connectivity index (χ1n) is 12.2. The van der Waals surface area contributed by atoms with Gasteiger partial charge in [-0.25, -0.2) is 9.79 Å². The predicted molar refractivity (Wildman–Crippen MR) is 144 cm³/mol. The summed E-state index contributed by atoms with van der Waals surface area (Å²) in [6.07, 6.45) is 0.168. The normalized spacial score (nSPS) is 16.5. The summed E-state index contributed by atoms with van der Waals surface area (Å²) in [5.41, 5.74) is 3.60. The third-order valence-electron chi connectivity index (χ3n) is 5.95. The van der Waals surface area contributed by atoms with Crippen molar-refractivity contribution in [1.29, 1.82) is 0 Å². The molecule has 0 bridgehead atoms. The van der Waals surface area contributed by atoms with Gasteiger partial charge in [-0.3, -0.25) is 4.79 Å². The second-order valence-corrected chi connectivity index (χ2v) is 9.26. The van der Waals surface area contributed by atoms with E-state index in [1.165, 1.54) is 11.8 Å². The maximum absolute atomic E-state index is 13.2. The molecule has 0 unspecified atom stereocenters. The van der Waals surface area contributed by atoms with Gasteiger partial charge in [0.05, 0.1) is 37.4 Å². The fourth-order valence-electron chi connectivity index (χ4n) is 4.29. The van der Waals surface area contributed by atoms with Crippen molar-refractivity contribution in [2.24, 2.45) is 4.99 Å². The molecule has 0 aromatic heterocycles. The lowest BCUT2D eigenvalue weighted by atomic mass is 9.93. The molecule has 0 aliphatic carbocycles. The number of aliphatic imine (C=N–C) groups is 1. The highest BCUT2D eigenvalue weighted by molar-refractivity contribution is 8.16. The average molecular weight is 522 g/mol. The monoisotopic (exact) mass is 521 g/mol. The second kappa shape index (κ2) is 12.0. The standard InChI is InChI=1S/C28H31N3O5S/c1-5-29-24(32)15-21-17-37-28-30-18(3)25(27(33)35-6-2)26(31(21)28)20-12-13-22(23(14-20)34-4)36-16-19-10-8-7-9-11-19/h7-14,17,26H,5-6,15-16H2,1-4H3,(H,29,32)/t26-/m0/s1. The highest BCUT2D eigenvalue weighted by Gasteiger charge is 2.41. The molecule has 37 heavy (non-hydrogen) atoms. The van der Waals surface area contributed by atoms with Crippen molar-refractivity contribution in [2.45, 2.75) is 39.8 Å². The third kappa shape index (κ3) is 5.83. The van der Waals surface area contributed by atoms with Gasteiger partial charge in [0.15, 0.2) is 16.7 Å². The molecule has 0 saturated carbocycles. The molecule has 1 amide bonds. The van der Waals surface area contributed by atoms with Gasteiger partial charge in [-0.15, -0.1) is 0 Å². The van der Waals surface area contributed by atoms with E-state index in [-0.39, 0.29) is 18.9 Å². The smallest absolute Gasteiger partial charge is 0.338 e. The van der Waals surface area contributed by atoms with E-state index in [9.17, 15) is 9.59 Å². The lowest BCUT2D eigenvalue weighted by molar-refractivity contribution is -0.139. The second-order valence-electron chi connectivity index (χ2n) is 8.43. The average Bonchev–Trinajstić information content (AvgIpc) is 3.29. The van der Waals surface area contributed by atoms with Crippen LogP contribution in [0, 0.1) is 0 Å². The lowest BCUT2D eigenvalue weighted by Gasteiger charge is -2.36. The quantitative estimate of drug-likeness (QED) is 0.443. The molecule has 0 radical (unpaired) electrons. The number of benzene rings is 2. The van der Waals surface area contributed by atoms with Gasteiger partial charge in [0.25, 0.3) is 0 Å². The van der Waals surface area contributed by atoms with E-state index in [1.807, 2.05) is 65.8 Å². The molecule has 4 rings (SSSR count). The largest absolute Gasteiger partial charge is 0.493 e. The van der Waals surface area contributed by atoms with Gasteiger partial charge in [-0.2, -0.15) is 0 Å². The number of fused-ring (bicyclic) bond motifs is 1. The number of amidine groups is 1. The van der Waals surface area contributed by atoms with E-state index in [0.717, 1.165) is 16.8 Å². The number of esters is 1. The summed E-state index contributed by atoms with van der Waals surface area (Å²) < 4.78 is 17.1. The molecule has 1 atom stereocenters. The van der Waals surface area contributed by atoms with Crippen LogP contribution < -0.4 is 14.8 Å². The van der Waals surface area contributed by atoms with Crippen LogP contribution in [0.1, 0.15) is 44.4 Å². The number of hydrogen-bond donors (Lipinski definition) is 1. The Bertz CT molecular complexity index is 1260. The fourth-order valence-corrected chi connectivity index (χ4v) is 5.25. The van der Waals surface area contributed by atoms with Crippen molar-refractivity contribution in [3.05, 3.63) is 82.0 Å². The summed E-state index contributed by atoms with van der Waals surface area (Å²) in [6, 6.07) is 15.0. The van der Waals surface area contributed by atoms with Gasteiger partial charge in [0.2, 0.25) is 5.91 Å². The van der Waals surface area contributed by atoms with Crippen molar-refractivity contribution in [3.8, 4) is 11.5 Å². The van der Waals surface area contributed by atoms with Crippen LogP contribution in [-0.4, -0.2) is 42.2 Å². The van der Waals surface area contributed by atoms with Crippen LogP contribution >= 0.6 is 11.8 Å². The van der Waals surface area contributed by atoms with Gasteiger partial charge in [-0.05, 0) is 49.4 Å². The van der Waals surface area contributed by atoms with Crippen molar-refractivity contribution in [2.75, 3.05) is 20.3 Å². The summed E-state index contributed by atoms with van der Waals surface area (Å²) in [7, 11) is 1.59. The Balaban J connectivity index is 1.71. The Kier molecular flexibility index (Phi) is 8.55. The molecule has 8 nitrogen and oxygen atoms in total. The maximum Gasteiger partial charge on any atom is 0.338 e. The minimum absolute atomic E-state index is 0.0967. The first-order valence-corrected chi connectivity index (χ1v) is 13.1. The minimum Gasteiger partial charge on any atom is -0.493 e. The van der Waals surface area contributed by atoms with Crippen LogP contribution in [0.5, 0.6) is 11.5 Å². The third-order valence-corrected chi connectivity index (χ3v) is 6.84. The fraction of sp³-hybridized carbons (Fsp3) is 0.321. The van der Waals surface area contributed by atoms with E-state index in [2.05, 4.69) is 10.3 Å². The number of allylic oxidation sites excluding steroid dienone is 1. The number of nitrogens with zero attached hydrogens (tertiary/aromatic N) is 2. The number of rotatable bonds is 10. The number of ether oxygens (including phenoxy) is 3. The van der Waals surface area contributed by atoms with Gasteiger partial charge >= 0.3 is 5.97 Å². The zero-order valence-electron chi connectivity index (χ0n) is 21.4. The SMILES string of the molecule is CCNC(=O)CC1=CSC2=NC(C)=C(C(=O)OCC)[C@H](c3ccc(OCc4ccccc4)c(OC)c3)N12. The van der Waals surface area contributed by atoms with Crippen molar-refractivity contribution in [1.82, 2.24) is 10.2 Å². The summed E-state index contributed by atoms with van der Waals surface area (Å²) in [6.45, 7) is 6.63. The molecule has 2 aromatic carbocycles. The summed E-state index contributed by atoms with van der Waals surface area (Å²) >= 11 is 1.43. The van der Waals surface area contributed by atoms with Crippen molar-refractivity contribution in [3.63, 3.8) is 0 Å². The Morgan fingerprint density at radius 1 is 1.11 bits per heavy atom. The number of thioether (sulfide) groups is 1. The molecule has 2 aliphatic heterocycles. The van der Waals surface area contributed by atoms with E-state index in [0.29, 0.717) is 41.1 Å². The molecule has 0 fully saturated rings. The maximum atomic E-state index is 13.2. The van der Waals surface area contributed by atoms with Crippen LogP contribution in [0.15, 0.2) is 75.9 Å². The Morgan fingerprint density at radius 3 is 2.59 bits per heavy atom. The molecular formula is C28H31N3O5S. The number of carbonyl (C=O) groups excluding carboxylic acids is 2. The van der Waals surface area contributed by atoms with Crippen LogP contribution in [-0.2, 0) is 20.9 Å². The van der Waals surface area contributed by atoms with E-state index in [1.54, 1.807) is 21.0 Å². The number of hydrogen-bond acceptors (Lipinski definition) is 8. The molecule has 0 saturated heterocycles. The van der Waals surface area contributed by atoms with Gasteiger partial charge in [-0.1, -0.05) is 48.2 Å². The molecule has 2 aromatic rings. The number of methoxy groups -OCH3 is 1. The first kappa shape index (κ1) is 26.3. The van der Waals surface area contributed by atoms with Crippen molar-refractivity contribution < 1.29 is 23.8 Å². The van der Waals surface area contributed by atoms with Crippen LogP contribution in [0.3, 0.4) is 0 Å².